The lowest BCUT2D eigenvalue weighted by Gasteiger charge is -2.19. The molecule has 10 heteroatoms. The lowest BCUT2D eigenvalue weighted by molar-refractivity contribution is 0.0995. The smallest absolute Gasteiger partial charge is 0.325 e. The van der Waals surface area contributed by atoms with E-state index >= 15 is 0 Å². The second-order valence-electron chi connectivity index (χ2n) is 9.45. The van der Waals surface area contributed by atoms with E-state index in [1.165, 1.54) is 15.9 Å². The van der Waals surface area contributed by atoms with E-state index in [1.807, 2.05) is 54.8 Å². The summed E-state index contributed by atoms with van der Waals surface area (Å²) < 4.78 is 2.03. The number of hydrogen-bond acceptors (Lipinski definition) is 5. The summed E-state index contributed by atoms with van der Waals surface area (Å²) in [6.45, 7) is 4.75. The molecule has 1 atom stereocenters. The molecule has 3 heterocycles. The monoisotopic (exact) mass is 521 g/mol. The number of amides is 4. The number of rotatable bonds is 6. The van der Waals surface area contributed by atoms with Crippen LogP contribution >= 0.6 is 0 Å². The normalized spacial score (nSPS) is 15.0. The first-order valence-electron chi connectivity index (χ1n) is 12.5. The van der Waals surface area contributed by atoms with Crippen LogP contribution in [-0.4, -0.2) is 51.9 Å². The van der Waals surface area contributed by atoms with Crippen molar-refractivity contribution in [2.45, 2.75) is 26.4 Å². The van der Waals surface area contributed by atoms with Crippen LogP contribution in [0.25, 0.3) is 22.2 Å². The van der Waals surface area contributed by atoms with E-state index in [9.17, 15) is 19.6 Å². The summed E-state index contributed by atoms with van der Waals surface area (Å²) in [5, 5.41) is 13.2. The van der Waals surface area contributed by atoms with Gasteiger partial charge in [0.1, 0.15) is 6.04 Å². The van der Waals surface area contributed by atoms with Gasteiger partial charge >= 0.3 is 6.03 Å². The first kappa shape index (κ1) is 25.5. The number of aryl methyl sites for hydroxylation is 2. The van der Waals surface area contributed by atoms with Gasteiger partial charge in [0.05, 0.1) is 18.1 Å². The van der Waals surface area contributed by atoms with Gasteiger partial charge in [0.25, 0.3) is 5.91 Å². The minimum absolute atomic E-state index is 0.212. The Morgan fingerprint density at radius 3 is 2.56 bits per heavy atom. The van der Waals surface area contributed by atoms with Crippen molar-refractivity contribution in [3.63, 3.8) is 0 Å². The molecule has 1 fully saturated rings. The molecule has 1 saturated heterocycles. The van der Waals surface area contributed by atoms with Gasteiger partial charge in [-0.05, 0) is 61.9 Å². The van der Waals surface area contributed by atoms with Gasteiger partial charge in [0, 0.05) is 47.3 Å². The predicted molar refractivity (Wildman–Crippen MR) is 148 cm³/mol. The quantitative estimate of drug-likeness (QED) is 0.393. The minimum Gasteiger partial charge on any atom is -0.366 e. The Balaban J connectivity index is 1.53. The number of urea groups is 1. The van der Waals surface area contributed by atoms with Crippen LogP contribution in [0.1, 0.15) is 33.5 Å². The highest BCUT2D eigenvalue weighted by molar-refractivity contribution is 6.12. The molecule has 2 aromatic carbocycles. The number of pyridine rings is 1. The second kappa shape index (κ2) is 9.95. The molecule has 4 amide bonds. The molecule has 0 spiro atoms. The maximum atomic E-state index is 13.4. The average Bonchev–Trinajstić information content (AvgIpc) is 3.44. The molecular weight excluding hydrogens is 494 g/mol. The number of hydrogen-bond donors (Lipinski definition) is 2. The number of benzene rings is 2. The molecule has 0 saturated carbocycles. The van der Waals surface area contributed by atoms with E-state index in [0.717, 1.165) is 16.6 Å². The first-order chi connectivity index (χ1) is 18.7. The lowest BCUT2D eigenvalue weighted by atomic mass is 10.1. The molecule has 1 aliphatic rings. The fourth-order valence-corrected chi connectivity index (χ4v) is 5.02. The molecule has 2 aromatic heterocycles. The van der Waals surface area contributed by atoms with Crippen LogP contribution < -0.4 is 16.0 Å². The third-order valence-corrected chi connectivity index (χ3v) is 6.82. The van der Waals surface area contributed by atoms with Crippen molar-refractivity contribution in [2.24, 2.45) is 5.73 Å². The summed E-state index contributed by atoms with van der Waals surface area (Å²) in [6.07, 6.45) is 0. The summed E-state index contributed by atoms with van der Waals surface area (Å²) in [6, 6.07) is 19.3. The maximum absolute atomic E-state index is 13.4. The van der Waals surface area contributed by atoms with E-state index in [2.05, 4.69) is 16.4 Å². The number of nitriles is 1. The zero-order chi connectivity index (χ0) is 27.8. The number of primary amides is 1. The number of anilines is 2. The highest BCUT2D eigenvalue weighted by Gasteiger charge is 2.36. The van der Waals surface area contributed by atoms with Crippen LogP contribution in [0.4, 0.5) is 16.2 Å². The zero-order valence-electron chi connectivity index (χ0n) is 21.8. The van der Waals surface area contributed by atoms with Gasteiger partial charge in [0.2, 0.25) is 5.91 Å². The number of likely N-dealkylation sites (N-methyl/N-ethyl adjacent to an activating group) is 1. The van der Waals surface area contributed by atoms with Crippen LogP contribution in [0.5, 0.6) is 0 Å². The largest absolute Gasteiger partial charge is 0.366 e. The molecule has 0 radical (unpaired) electrons. The number of carbonyl (C=O) groups is 3. The number of nitrogens with one attached hydrogen (secondary N) is 1. The molecule has 3 N–H and O–H groups in total. The molecule has 39 heavy (non-hydrogen) atoms. The van der Waals surface area contributed by atoms with Crippen molar-refractivity contribution >= 4 is 40.1 Å². The highest BCUT2D eigenvalue weighted by atomic mass is 16.2. The van der Waals surface area contributed by atoms with E-state index in [1.54, 1.807) is 25.2 Å². The summed E-state index contributed by atoms with van der Waals surface area (Å²) in [5.41, 5.74) is 10.2. The van der Waals surface area contributed by atoms with Crippen LogP contribution in [-0.2, 0) is 6.54 Å². The second-order valence-corrected chi connectivity index (χ2v) is 9.45. The third kappa shape index (κ3) is 4.55. The highest BCUT2D eigenvalue weighted by Crippen LogP contribution is 2.33. The van der Waals surface area contributed by atoms with Gasteiger partial charge in [-0.2, -0.15) is 5.26 Å². The summed E-state index contributed by atoms with van der Waals surface area (Å²) in [4.78, 5) is 45.2. The fraction of sp³-hybridized carbons (Fsp3) is 0.207. The molecule has 0 bridgehead atoms. The van der Waals surface area contributed by atoms with Crippen LogP contribution in [0.3, 0.4) is 0 Å². The van der Waals surface area contributed by atoms with Crippen molar-refractivity contribution in [2.75, 3.05) is 23.8 Å². The van der Waals surface area contributed by atoms with Gasteiger partial charge in [-0.1, -0.05) is 18.2 Å². The molecule has 0 unspecified atom stereocenters. The van der Waals surface area contributed by atoms with Gasteiger partial charge in [-0.3, -0.25) is 14.5 Å². The number of carbonyl (C=O) groups excluding carboxylic acids is 3. The molecule has 4 aromatic rings. The van der Waals surface area contributed by atoms with Crippen molar-refractivity contribution in [1.29, 1.82) is 5.26 Å². The Morgan fingerprint density at radius 2 is 1.90 bits per heavy atom. The molecular formula is C29H27N7O3. The third-order valence-electron chi connectivity index (χ3n) is 6.82. The fourth-order valence-electron chi connectivity index (χ4n) is 5.02. The Morgan fingerprint density at radius 1 is 1.15 bits per heavy atom. The molecule has 1 aliphatic heterocycles. The number of aromatic nitrogens is 2. The standard InChI is InChI=1S/C29H27N7O3/c1-4-35-24(18-8-10-22(11-9-18)36-23(15-30)16-34(3)29(36)39)14-20-12-17(2)32-25(26(20)35)28(38)33-21-7-5-6-19(13-21)27(31)37/h5-14,23H,4,16H2,1-3H3,(H2,31,37)(H,33,38)/t23-/m1/s1. The van der Waals surface area contributed by atoms with Crippen molar-refractivity contribution in [3.8, 4) is 17.3 Å². The molecule has 0 aliphatic carbocycles. The number of nitrogens with zero attached hydrogens (tertiary/aromatic N) is 5. The topological polar surface area (TPSA) is 137 Å². The zero-order valence-corrected chi connectivity index (χ0v) is 21.8. The number of fused-ring (bicyclic) bond motifs is 1. The van der Waals surface area contributed by atoms with Crippen molar-refractivity contribution in [1.82, 2.24) is 14.5 Å². The number of nitrogens with two attached hydrogens (primary N) is 1. The molecule has 10 nitrogen and oxygen atoms in total. The van der Waals surface area contributed by atoms with E-state index in [0.29, 0.717) is 41.2 Å². The summed E-state index contributed by atoms with van der Waals surface area (Å²) >= 11 is 0. The van der Waals surface area contributed by atoms with Gasteiger partial charge in [-0.25, -0.2) is 9.78 Å². The minimum atomic E-state index is -0.582. The summed E-state index contributed by atoms with van der Waals surface area (Å²) in [5.74, 6) is -0.985. The average molecular weight is 522 g/mol. The van der Waals surface area contributed by atoms with E-state index < -0.39 is 17.9 Å². The van der Waals surface area contributed by atoms with E-state index in [-0.39, 0.29) is 11.7 Å². The lowest BCUT2D eigenvalue weighted by Crippen LogP contribution is -2.33. The van der Waals surface area contributed by atoms with Crippen LogP contribution in [0, 0.1) is 18.3 Å². The van der Waals surface area contributed by atoms with Gasteiger partial charge in [-0.15, -0.1) is 0 Å². The van der Waals surface area contributed by atoms with Crippen LogP contribution in [0.2, 0.25) is 0 Å². The Bertz CT molecular complexity index is 1670. The molecule has 196 valence electrons. The SMILES string of the molecule is CCn1c(-c2ccc(N3C(=O)N(C)C[C@H]3C#N)cc2)cc2cc(C)nc(C(=O)Nc3cccc(C(N)=O)c3)c21. The molecule has 5 rings (SSSR count). The van der Waals surface area contributed by atoms with E-state index in [4.69, 9.17) is 5.73 Å². The van der Waals surface area contributed by atoms with Crippen molar-refractivity contribution < 1.29 is 14.4 Å². The van der Waals surface area contributed by atoms with Crippen molar-refractivity contribution in [3.05, 3.63) is 77.6 Å². The van der Waals surface area contributed by atoms with Gasteiger partial charge in [0.15, 0.2) is 5.69 Å². The predicted octanol–water partition coefficient (Wildman–Crippen LogP) is 4.15. The Kier molecular flexibility index (Phi) is 6.50. The Hall–Kier alpha value is -5.17. The van der Waals surface area contributed by atoms with Gasteiger partial charge < -0.3 is 20.5 Å². The van der Waals surface area contributed by atoms with Crippen LogP contribution in [0.15, 0.2) is 60.7 Å². The first-order valence-corrected chi connectivity index (χ1v) is 12.5. The maximum Gasteiger partial charge on any atom is 0.325 e. The summed E-state index contributed by atoms with van der Waals surface area (Å²) in [7, 11) is 1.68. The Labute approximate surface area is 225 Å².